The van der Waals surface area contributed by atoms with Crippen molar-refractivity contribution in [2.45, 2.75) is 57.6 Å². The van der Waals surface area contributed by atoms with Crippen molar-refractivity contribution in [2.75, 3.05) is 0 Å². The summed E-state index contributed by atoms with van der Waals surface area (Å²) in [6.07, 6.45) is 4.95. The van der Waals surface area contributed by atoms with Gasteiger partial charge in [-0.3, -0.25) is 4.79 Å². The van der Waals surface area contributed by atoms with Crippen LogP contribution in [0.4, 0.5) is 0 Å². The van der Waals surface area contributed by atoms with E-state index in [1.165, 1.54) is 6.42 Å². The van der Waals surface area contributed by atoms with Crippen LogP contribution in [0.2, 0.25) is 9.36 Å². The molecular formula is C14H18Cl2N2O3S. The number of esters is 1. The summed E-state index contributed by atoms with van der Waals surface area (Å²) >= 11 is 12.6. The fraction of sp³-hybridized carbons (Fsp3) is 0.643. The van der Waals surface area contributed by atoms with Gasteiger partial charge in [0.05, 0.1) is 0 Å². The van der Waals surface area contributed by atoms with E-state index in [0.717, 1.165) is 37.2 Å². The van der Waals surface area contributed by atoms with Gasteiger partial charge in [0.15, 0.2) is 11.8 Å². The Hall–Kier alpha value is -0.850. The van der Waals surface area contributed by atoms with Crippen LogP contribution in [0.1, 0.15) is 55.9 Å². The second-order valence-corrected chi connectivity index (χ2v) is 7.02. The van der Waals surface area contributed by atoms with E-state index in [1.54, 1.807) is 6.92 Å². The molecule has 8 heteroatoms. The molecule has 1 aromatic rings. The van der Waals surface area contributed by atoms with Crippen LogP contribution in [-0.2, 0) is 9.53 Å². The molecule has 1 N–H and O–H groups in total. The highest BCUT2D eigenvalue weighted by Crippen LogP contribution is 2.30. The van der Waals surface area contributed by atoms with Gasteiger partial charge in [0.1, 0.15) is 9.36 Å². The minimum absolute atomic E-state index is 0.0411. The number of aromatic nitrogens is 1. The van der Waals surface area contributed by atoms with E-state index in [1.807, 2.05) is 0 Å². The van der Waals surface area contributed by atoms with Crippen LogP contribution >= 0.6 is 34.7 Å². The Balaban J connectivity index is 1.94. The first-order chi connectivity index (χ1) is 10.5. The van der Waals surface area contributed by atoms with Gasteiger partial charge in [-0.1, -0.05) is 49.4 Å². The molecule has 1 fully saturated rings. The fourth-order valence-electron chi connectivity index (χ4n) is 2.43. The highest BCUT2D eigenvalue weighted by atomic mass is 35.5. The molecule has 22 heavy (non-hydrogen) atoms. The maximum absolute atomic E-state index is 12.2. The predicted molar refractivity (Wildman–Crippen MR) is 86.6 cm³/mol. The van der Waals surface area contributed by atoms with Crippen molar-refractivity contribution in [1.82, 2.24) is 9.69 Å². The van der Waals surface area contributed by atoms with Gasteiger partial charge >= 0.3 is 5.97 Å². The third-order valence-electron chi connectivity index (χ3n) is 3.65. The summed E-state index contributed by atoms with van der Waals surface area (Å²) in [5.41, 5.74) is -0.0411. The molecule has 5 nitrogen and oxygen atoms in total. The zero-order valence-electron chi connectivity index (χ0n) is 12.2. The molecule has 1 heterocycles. The minimum atomic E-state index is -0.842. The number of hydrogen-bond acceptors (Lipinski definition) is 5. The van der Waals surface area contributed by atoms with E-state index < -0.39 is 12.1 Å². The van der Waals surface area contributed by atoms with E-state index in [-0.39, 0.29) is 27.0 Å². The normalized spacial score (nSPS) is 17.0. The van der Waals surface area contributed by atoms with Gasteiger partial charge < -0.3 is 10.1 Å². The van der Waals surface area contributed by atoms with E-state index in [2.05, 4.69) is 9.69 Å². The van der Waals surface area contributed by atoms with E-state index >= 15 is 0 Å². The average Bonchev–Trinajstić information content (AvgIpc) is 2.85. The molecule has 0 unspecified atom stereocenters. The molecule has 2 rings (SSSR count). The first-order valence-corrected chi connectivity index (χ1v) is 8.87. The Morgan fingerprint density at radius 2 is 2.05 bits per heavy atom. The lowest BCUT2D eigenvalue weighted by molar-refractivity contribution is -0.131. The van der Waals surface area contributed by atoms with Crippen molar-refractivity contribution in [3.8, 4) is 0 Å². The lowest BCUT2D eigenvalue weighted by Gasteiger charge is -2.25. The highest BCUT2D eigenvalue weighted by Gasteiger charge is 2.27. The zero-order chi connectivity index (χ0) is 16.1. The lowest BCUT2D eigenvalue weighted by Crippen LogP contribution is -2.43. The average molecular weight is 365 g/mol. The van der Waals surface area contributed by atoms with Crippen LogP contribution < -0.4 is 5.32 Å². The quantitative estimate of drug-likeness (QED) is 0.805. The Labute approximate surface area is 143 Å². The molecule has 0 saturated heterocycles. The molecule has 1 amide bonds. The van der Waals surface area contributed by atoms with E-state index in [0.29, 0.717) is 6.42 Å². The fourth-order valence-corrected chi connectivity index (χ4v) is 3.41. The van der Waals surface area contributed by atoms with Gasteiger partial charge in [-0.25, -0.2) is 4.79 Å². The number of halogens is 2. The molecule has 1 aromatic heterocycles. The molecule has 0 aliphatic heterocycles. The summed E-state index contributed by atoms with van der Waals surface area (Å²) < 4.78 is 9.31. The van der Waals surface area contributed by atoms with Crippen molar-refractivity contribution in [3.05, 3.63) is 15.1 Å². The van der Waals surface area contributed by atoms with Crippen LogP contribution in [0.3, 0.4) is 0 Å². The van der Waals surface area contributed by atoms with Crippen molar-refractivity contribution in [3.63, 3.8) is 0 Å². The number of ether oxygens (including phenoxy) is 1. The smallest absolute Gasteiger partial charge is 0.360 e. The summed E-state index contributed by atoms with van der Waals surface area (Å²) in [5.74, 6) is -0.987. The predicted octanol–water partition coefficient (Wildman–Crippen LogP) is 3.83. The molecule has 0 spiro atoms. The van der Waals surface area contributed by atoms with Gasteiger partial charge in [0.25, 0.3) is 5.91 Å². The molecule has 1 saturated carbocycles. The minimum Gasteiger partial charge on any atom is -0.447 e. The van der Waals surface area contributed by atoms with E-state index in [9.17, 15) is 9.59 Å². The van der Waals surface area contributed by atoms with Crippen LogP contribution in [0.15, 0.2) is 0 Å². The highest BCUT2D eigenvalue weighted by molar-refractivity contribution is 7.11. The number of hydrogen-bond donors (Lipinski definition) is 1. The molecule has 0 radical (unpaired) electrons. The SMILES string of the molecule is CC[C@@H](OC(=O)c1nsc(Cl)c1Cl)C(=O)NC1CCCCC1. The second kappa shape index (κ2) is 8.13. The summed E-state index contributed by atoms with van der Waals surface area (Å²) in [6.45, 7) is 1.79. The van der Waals surface area contributed by atoms with Crippen LogP contribution in [-0.4, -0.2) is 28.4 Å². The Kier molecular flexibility index (Phi) is 6.47. The molecular weight excluding hydrogens is 347 g/mol. The molecule has 1 aliphatic rings. The van der Waals surface area contributed by atoms with Gasteiger partial charge in [0.2, 0.25) is 0 Å². The van der Waals surface area contributed by atoms with Crippen LogP contribution in [0.25, 0.3) is 0 Å². The number of carbonyl (C=O) groups excluding carboxylic acids is 2. The van der Waals surface area contributed by atoms with Crippen molar-refractivity contribution < 1.29 is 14.3 Å². The third-order valence-corrected chi connectivity index (χ3v) is 5.27. The summed E-state index contributed by atoms with van der Waals surface area (Å²) in [4.78, 5) is 24.3. The van der Waals surface area contributed by atoms with Crippen LogP contribution in [0, 0.1) is 0 Å². The zero-order valence-corrected chi connectivity index (χ0v) is 14.6. The van der Waals surface area contributed by atoms with Crippen molar-refractivity contribution in [1.29, 1.82) is 0 Å². The number of carbonyl (C=O) groups is 2. The molecule has 122 valence electrons. The lowest BCUT2D eigenvalue weighted by atomic mass is 9.95. The van der Waals surface area contributed by atoms with Gasteiger partial charge in [-0.05, 0) is 30.8 Å². The Morgan fingerprint density at radius 3 is 2.59 bits per heavy atom. The van der Waals surface area contributed by atoms with Crippen molar-refractivity contribution in [2.24, 2.45) is 0 Å². The third kappa shape index (κ3) is 4.33. The van der Waals surface area contributed by atoms with Crippen LogP contribution in [0.5, 0.6) is 0 Å². The number of nitrogens with zero attached hydrogens (tertiary/aromatic N) is 1. The molecule has 0 aromatic carbocycles. The Morgan fingerprint density at radius 1 is 1.36 bits per heavy atom. The maximum Gasteiger partial charge on any atom is 0.360 e. The standard InChI is InChI=1S/C14H18Cl2N2O3S/c1-2-9(13(19)17-8-6-4-3-5-7-8)21-14(20)11-10(15)12(16)22-18-11/h8-9H,2-7H2,1H3,(H,17,19)/t9-/m1/s1. The van der Waals surface area contributed by atoms with Gasteiger partial charge in [0, 0.05) is 6.04 Å². The maximum atomic E-state index is 12.2. The van der Waals surface area contributed by atoms with E-state index in [4.69, 9.17) is 27.9 Å². The molecule has 1 atom stereocenters. The number of amides is 1. The monoisotopic (exact) mass is 364 g/mol. The van der Waals surface area contributed by atoms with Crippen molar-refractivity contribution >= 4 is 46.6 Å². The summed E-state index contributed by atoms with van der Waals surface area (Å²) in [6, 6.07) is 0.173. The largest absolute Gasteiger partial charge is 0.447 e. The topological polar surface area (TPSA) is 68.3 Å². The van der Waals surface area contributed by atoms with Gasteiger partial charge in [-0.2, -0.15) is 4.37 Å². The number of rotatable bonds is 5. The summed E-state index contributed by atoms with van der Waals surface area (Å²) in [5, 5.41) is 3.02. The first kappa shape index (κ1) is 17.5. The Bertz CT molecular complexity index is 544. The summed E-state index contributed by atoms with van der Waals surface area (Å²) in [7, 11) is 0. The second-order valence-electron chi connectivity index (χ2n) is 5.26. The van der Waals surface area contributed by atoms with Gasteiger partial charge in [-0.15, -0.1) is 0 Å². The molecule has 0 bridgehead atoms. The number of nitrogens with one attached hydrogen (secondary N) is 1. The first-order valence-electron chi connectivity index (χ1n) is 7.35. The molecule has 1 aliphatic carbocycles.